The van der Waals surface area contributed by atoms with Crippen molar-refractivity contribution in [2.45, 2.75) is 0 Å². The maximum absolute atomic E-state index is 8.36. The van der Waals surface area contributed by atoms with Crippen LogP contribution in [0.15, 0.2) is 29.1 Å². The summed E-state index contributed by atoms with van der Waals surface area (Å²) in [5.74, 6) is 0. The maximum Gasteiger partial charge on any atom is 0.0902 e. The van der Waals surface area contributed by atoms with E-state index in [4.69, 9.17) is 9.90 Å². The van der Waals surface area contributed by atoms with Gasteiger partial charge in [-0.25, -0.2) is 0 Å². The molecule has 0 bridgehead atoms. The molecule has 0 radical (unpaired) electrons. The number of hydrogen-bond acceptors (Lipinski definition) is 2. The Bertz CT molecular complexity index is 98.5. The van der Waals surface area contributed by atoms with Crippen molar-refractivity contribution in [1.29, 1.82) is 0 Å². The van der Waals surface area contributed by atoms with Gasteiger partial charge in [0.1, 0.15) is 0 Å². The zero-order valence-corrected chi connectivity index (χ0v) is 4.15. The quantitative estimate of drug-likeness (QED) is 0.415. The Morgan fingerprint density at radius 2 is 1.67 bits per heavy atom. The Morgan fingerprint density at radius 3 is 1.78 bits per heavy atom. The van der Waals surface area contributed by atoms with Gasteiger partial charge in [0.05, 0.1) is 12.5 Å². The monoisotopic (exact) mass is 138 g/mol. The van der Waals surface area contributed by atoms with Gasteiger partial charge in [-0.3, -0.25) is 4.79 Å². The maximum atomic E-state index is 8.36. The molecule has 4 heteroatoms. The zero-order valence-electron chi connectivity index (χ0n) is 4.15. The van der Waals surface area contributed by atoms with Crippen molar-refractivity contribution in [3.05, 3.63) is 24.7 Å². The van der Waals surface area contributed by atoms with Gasteiger partial charge in [0.2, 0.25) is 0 Å². The van der Waals surface area contributed by atoms with Gasteiger partial charge in [-0.05, 0) is 12.1 Å². The normalized spacial score (nSPS) is 5.78. The molecule has 46 valence electrons. The summed E-state index contributed by atoms with van der Waals surface area (Å²) in [5, 5.41) is 6.89. The molecule has 0 unspecified atom stereocenters. The van der Waals surface area contributed by atoms with Crippen LogP contribution < -0.4 is 0 Å². The van der Waals surface area contributed by atoms with Gasteiger partial charge >= 0.3 is 29.6 Å². The van der Waals surface area contributed by atoms with Gasteiger partial charge in [0, 0.05) is 0 Å². The molecule has 0 aromatic carbocycles. The van der Waals surface area contributed by atoms with E-state index in [0.717, 1.165) is 0 Å². The molecule has 1 aromatic heterocycles. The summed E-state index contributed by atoms with van der Waals surface area (Å²) in [5.41, 5.74) is 0. The minimum atomic E-state index is -0.250. The molecule has 3 nitrogen and oxygen atoms in total. The van der Waals surface area contributed by atoms with Gasteiger partial charge in [0.15, 0.2) is 0 Å². The Morgan fingerprint density at radius 1 is 1.33 bits per heavy atom. The van der Waals surface area contributed by atoms with Crippen molar-refractivity contribution in [1.82, 2.24) is 0 Å². The van der Waals surface area contributed by atoms with Gasteiger partial charge in [-0.15, -0.1) is 0 Å². The third kappa shape index (κ3) is 11.4. The van der Waals surface area contributed by atoms with Crippen molar-refractivity contribution in [3.63, 3.8) is 0 Å². The zero-order chi connectivity index (χ0) is 6.24. The molecule has 0 aliphatic rings. The summed E-state index contributed by atoms with van der Waals surface area (Å²) < 4.78 is 4.58. The first-order chi connectivity index (χ1) is 3.91. The van der Waals surface area contributed by atoms with Crippen molar-refractivity contribution in [3.8, 4) is 0 Å². The van der Waals surface area contributed by atoms with Crippen molar-refractivity contribution in [2.24, 2.45) is 0 Å². The van der Waals surface area contributed by atoms with Crippen LogP contribution in [-0.4, -0.2) is 41.1 Å². The third-order valence-corrected chi connectivity index (χ3v) is 0.425. The number of hydrogen-bond donors (Lipinski definition) is 1. The van der Waals surface area contributed by atoms with E-state index in [-0.39, 0.29) is 36.0 Å². The van der Waals surface area contributed by atoms with Crippen LogP contribution in [0, 0.1) is 0 Å². The largest absolute Gasteiger partial charge is 0.473 e. The fourth-order valence-electron chi connectivity index (χ4n) is 0.227. The van der Waals surface area contributed by atoms with Crippen molar-refractivity contribution in [2.75, 3.05) is 0 Å². The average molecular weight is 138 g/mol. The molecule has 0 fully saturated rings. The number of rotatable bonds is 0. The van der Waals surface area contributed by atoms with E-state index in [2.05, 4.69) is 4.42 Å². The number of carbonyl (C=O) groups is 1. The predicted molar refractivity (Wildman–Crippen MR) is 34.5 cm³/mol. The summed E-state index contributed by atoms with van der Waals surface area (Å²) in [7, 11) is 0. The van der Waals surface area contributed by atoms with E-state index in [1.54, 1.807) is 12.5 Å². The van der Waals surface area contributed by atoms with E-state index in [1.807, 2.05) is 12.1 Å². The van der Waals surface area contributed by atoms with Crippen molar-refractivity contribution >= 4 is 36.0 Å². The molecule has 1 rings (SSSR count). The minimum Gasteiger partial charge on any atom is -0.473 e. The van der Waals surface area contributed by atoms with Gasteiger partial charge in [-0.2, -0.15) is 0 Å². The van der Waals surface area contributed by atoms with E-state index >= 15 is 0 Å². The molecule has 0 atom stereocenters. The van der Waals surface area contributed by atoms with Gasteiger partial charge in [0.25, 0.3) is 6.47 Å². The smallest absolute Gasteiger partial charge is 0.0902 e. The van der Waals surface area contributed by atoms with Gasteiger partial charge in [-0.1, -0.05) is 0 Å². The van der Waals surface area contributed by atoms with Crippen LogP contribution in [0.2, 0.25) is 0 Å². The summed E-state index contributed by atoms with van der Waals surface area (Å²) >= 11 is 0. The van der Waals surface area contributed by atoms with E-state index in [0.29, 0.717) is 0 Å². The van der Waals surface area contributed by atoms with Crippen LogP contribution >= 0.6 is 0 Å². The van der Waals surface area contributed by atoms with Crippen molar-refractivity contribution < 1.29 is 14.3 Å². The molecule has 0 saturated carbocycles. The Hall–Kier alpha value is -0.250. The number of furan rings is 1. The molecule has 9 heavy (non-hydrogen) atoms. The Kier molecular flexibility index (Phi) is 13.7. The SMILES string of the molecule is O=CO.[NaH].c1ccoc1. The Balaban J connectivity index is 0. The molecular weight excluding hydrogens is 131 g/mol. The van der Waals surface area contributed by atoms with E-state index in [9.17, 15) is 0 Å². The molecule has 0 saturated heterocycles. The van der Waals surface area contributed by atoms with Gasteiger partial charge < -0.3 is 9.52 Å². The minimum absolute atomic E-state index is 0. The summed E-state index contributed by atoms with van der Waals surface area (Å²) in [6.45, 7) is -0.250. The third-order valence-electron chi connectivity index (χ3n) is 0.425. The summed E-state index contributed by atoms with van der Waals surface area (Å²) in [4.78, 5) is 8.36. The van der Waals surface area contributed by atoms with Crippen LogP contribution in [0.5, 0.6) is 0 Å². The molecule has 1 aromatic rings. The first-order valence-corrected chi connectivity index (χ1v) is 1.97. The van der Waals surface area contributed by atoms with E-state index in [1.165, 1.54) is 0 Å². The molecule has 1 heterocycles. The summed E-state index contributed by atoms with van der Waals surface area (Å²) in [6.07, 6.45) is 3.25. The second kappa shape index (κ2) is 10.7. The molecule has 0 aliphatic carbocycles. The fourth-order valence-corrected chi connectivity index (χ4v) is 0.227. The standard InChI is InChI=1S/C4H4O.CH2O2.Na.H/c1-2-4-5-3-1;2-1-3;;/h1-4H;1H,(H,2,3);;. The first kappa shape index (κ1) is 11.5. The van der Waals surface area contributed by atoms with E-state index < -0.39 is 0 Å². The fraction of sp³-hybridized carbons (Fsp3) is 0. The predicted octanol–water partition coefficient (Wildman–Crippen LogP) is 0.332. The first-order valence-electron chi connectivity index (χ1n) is 1.97. The second-order valence-corrected chi connectivity index (χ2v) is 0.899. The van der Waals surface area contributed by atoms with Crippen LogP contribution in [0.25, 0.3) is 0 Å². The molecule has 0 aliphatic heterocycles. The number of carboxylic acid groups (broad SMARTS) is 1. The van der Waals surface area contributed by atoms with Crippen LogP contribution in [-0.2, 0) is 4.79 Å². The summed E-state index contributed by atoms with van der Waals surface area (Å²) in [6, 6.07) is 3.67. The topological polar surface area (TPSA) is 50.4 Å². The second-order valence-electron chi connectivity index (χ2n) is 0.899. The van der Waals surface area contributed by atoms with Crippen LogP contribution in [0.1, 0.15) is 0 Å². The van der Waals surface area contributed by atoms with Crippen LogP contribution in [0.3, 0.4) is 0 Å². The molecule has 0 spiro atoms. The average Bonchev–Trinajstić information content (AvgIpc) is 2.17. The molecular formula is C5H7NaO3. The molecule has 1 N–H and O–H groups in total. The molecule has 0 amide bonds. The Labute approximate surface area is 75.0 Å². The van der Waals surface area contributed by atoms with Crippen LogP contribution in [0.4, 0.5) is 0 Å².